The monoisotopic (exact) mass is 263 g/mol. The molecule has 1 aromatic rings. The SMILES string of the molecule is C=CC(C)Oc1ccc(/C=C/C(=O)O)cc1[N+](=O)[O-]. The summed E-state index contributed by atoms with van der Waals surface area (Å²) in [6, 6.07) is 4.22. The van der Waals surface area contributed by atoms with Gasteiger partial charge in [-0.05, 0) is 24.6 Å². The summed E-state index contributed by atoms with van der Waals surface area (Å²) in [4.78, 5) is 20.7. The molecule has 0 aliphatic carbocycles. The Kier molecular flexibility index (Phi) is 4.82. The lowest BCUT2D eigenvalue weighted by molar-refractivity contribution is -0.386. The molecule has 1 rings (SSSR count). The lowest BCUT2D eigenvalue weighted by Gasteiger charge is -2.10. The van der Waals surface area contributed by atoms with Gasteiger partial charge in [-0.15, -0.1) is 0 Å². The number of hydrogen-bond acceptors (Lipinski definition) is 4. The molecule has 100 valence electrons. The first-order chi connectivity index (χ1) is 8.93. The average molecular weight is 263 g/mol. The van der Waals surface area contributed by atoms with Gasteiger partial charge < -0.3 is 9.84 Å². The number of carboxylic acid groups (broad SMARTS) is 1. The van der Waals surface area contributed by atoms with Crippen molar-refractivity contribution in [2.24, 2.45) is 0 Å². The molecule has 19 heavy (non-hydrogen) atoms. The highest BCUT2D eigenvalue weighted by Gasteiger charge is 2.16. The van der Waals surface area contributed by atoms with E-state index in [4.69, 9.17) is 9.84 Å². The van der Waals surface area contributed by atoms with Crippen LogP contribution in [0, 0.1) is 10.1 Å². The van der Waals surface area contributed by atoms with Crippen LogP contribution in [0.5, 0.6) is 5.75 Å². The van der Waals surface area contributed by atoms with Crippen LogP contribution in [0.25, 0.3) is 6.08 Å². The molecule has 1 aromatic carbocycles. The number of nitrogens with zero attached hydrogens (tertiary/aromatic N) is 1. The Morgan fingerprint density at radius 3 is 2.79 bits per heavy atom. The number of aliphatic carboxylic acids is 1. The van der Waals surface area contributed by atoms with Crippen molar-refractivity contribution in [3.05, 3.63) is 52.6 Å². The van der Waals surface area contributed by atoms with Gasteiger partial charge >= 0.3 is 11.7 Å². The van der Waals surface area contributed by atoms with E-state index >= 15 is 0 Å². The highest BCUT2D eigenvalue weighted by atomic mass is 16.6. The number of ether oxygens (including phenoxy) is 1. The predicted molar refractivity (Wildman–Crippen MR) is 70.1 cm³/mol. The second-order valence-electron chi connectivity index (χ2n) is 3.71. The number of carbonyl (C=O) groups is 1. The fraction of sp³-hybridized carbons (Fsp3) is 0.154. The third-order valence-electron chi connectivity index (χ3n) is 2.24. The van der Waals surface area contributed by atoms with Crippen LogP contribution in [0.2, 0.25) is 0 Å². The largest absolute Gasteiger partial charge is 0.480 e. The summed E-state index contributed by atoms with van der Waals surface area (Å²) >= 11 is 0. The second kappa shape index (κ2) is 6.34. The summed E-state index contributed by atoms with van der Waals surface area (Å²) in [5.41, 5.74) is 0.189. The molecule has 0 amide bonds. The van der Waals surface area contributed by atoms with E-state index in [0.29, 0.717) is 5.56 Å². The fourth-order valence-corrected chi connectivity index (χ4v) is 1.30. The Bertz CT molecular complexity index is 536. The highest BCUT2D eigenvalue weighted by molar-refractivity contribution is 5.85. The van der Waals surface area contributed by atoms with Gasteiger partial charge in [0.25, 0.3) is 0 Å². The maximum atomic E-state index is 10.9. The first kappa shape index (κ1) is 14.4. The molecule has 1 unspecified atom stereocenters. The predicted octanol–water partition coefficient (Wildman–Crippen LogP) is 2.65. The standard InChI is InChI=1S/C13H13NO5/c1-3-9(2)19-12-6-4-10(5-7-13(15)16)8-11(12)14(17)18/h3-9H,1H2,2H3,(H,15,16)/b7-5+. The fourth-order valence-electron chi connectivity index (χ4n) is 1.30. The van der Waals surface area contributed by atoms with Crippen LogP contribution in [-0.2, 0) is 4.79 Å². The van der Waals surface area contributed by atoms with E-state index in [-0.39, 0.29) is 17.5 Å². The average Bonchev–Trinajstić information content (AvgIpc) is 2.36. The molecule has 6 heteroatoms. The number of hydrogen-bond donors (Lipinski definition) is 1. The van der Waals surface area contributed by atoms with Gasteiger partial charge in [0, 0.05) is 12.1 Å². The summed E-state index contributed by atoms with van der Waals surface area (Å²) in [7, 11) is 0. The van der Waals surface area contributed by atoms with Crippen LogP contribution >= 0.6 is 0 Å². The van der Waals surface area contributed by atoms with E-state index in [0.717, 1.165) is 6.08 Å². The zero-order valence-electron chi connectivity index (χ0n) is 10.3. The van der Waals surface area contributed by atoms with Crippen LogP contribution in [0.4, 0.5) is 5.69 Å². The Balaban J connectivity index is 3.11. The molecule has 0 aliphatic rings. The molecular weight excluding hydrogens is 250 g/mol. The van der Waals surface area contributed by atoms with Crippen molar-refractivity contribution in [1.29, 1.82) is 0 Å². The minimum absolute atomic E-state index is 0.116. The van der Waals surface area contributed by atoms with Crippen LogP contribution in [-0.4, -0.2) is 22.1 Å². The molecule has 0 aromatic heterocycles. The molecule has 0 saturated carbocycles. The van der Waals surface area contributed by atoms with Gasteiger partial charge in [0.05, 0.1) is 4.92 Å². The molecule has 1 atom stereocenters. The van der Waals surface area contributed by atoms with E-state index in [9.17, 15) is 14.9 Å². The summed E-state index contributed by atoms with van der Waals surface area (Å²) in [6.45, 7) is 5.23. The summed E-state index contributed by atoms with van der Waals surface area (Å²) in [5.74, 6) is -1.01. The van der Waals surface area contributed by atoms with Crippen molar-refractivity contribution in [1.82, 2.24) is 0 Å². The highest BCUT2D eigenvalue weighted by Crippen LogP contribution is 2.29. The molecule has 0 bridgehead atoms. The zero-order chi connectivity index (χ0) is 14.4. The molecule has 0 radical (unpaired) electrons. The van der Waals surface area contributed by atoms with E-state index < -0.39 is 10.9 Å². The molecule has 0 fully saturated rings. The van der Waals surface area contributed by atoms with Crippen LogP contribution in [0.3, 0.4) is 0 Å². The maximum absolute atomic E-state index is 10.9. The van der Waals surface area contributed by atoms with Crippen molar-refractivity contribution in [2.75, 3.05) is 0 Å². The Morgan fingerprint density at radius 1 is 1.58 bits per heavy atom. The zero-order valence-corrected chi connectivity index (χ0v) is 10.3. The Hall–Kier alpha value is -2.63. The van der Waals surface area contributed by atoms with Gasteiger partial charge in [-0.2, -0.15) is 0 Å². The van der Waals surface area contributed by atoms with Crippen molar-refractivity contribution in [2.45, 2.75) is 13.0 Å². The maximum Gasteiger partial charge on any atom is 0.328 e. The van der Waals surface area contributed by atoms with Gasteiger partial charge in [0.1, 0.15) is 6.10 Å². The van der Waals surface area contributed by atoms with Crippen molar-refractivity contribution in [3.63, 3.8) is 0 Å². The van der Waals surface area contributed by atoms with E-state index in [2.05, 4.69) is 6.58 Å². The summed E-state index contributed by atoms with van der Waals surface area (Å²) < 4.78 is 5.34. The topological polar surface area (TPSA) is 89.7 Å². The molecule has 0 heterocycles. The summed E-state index contributed by atoms with van der Waals surface area (Å²) in [5, 5.41) is 19.4. The molecule has 0 saturated heterocycles. The lowest BCUT2D eigenvalue weighted by atomic mass is 10.1. The third kappa shape index (κ3) is 4.27. The van der Waals surface area contributed by atoms with Gasteiger partial charge in [0.2, 0.25) is 0 Å². The molecule has 6 nitrogen and oxygen atoms in total. The minimum Gasteiger partial charge on any atom is -0.480 e. The molecule has 0 spiro atoms. The van der Waals surface area contributed by atoms with Gasteiger partial charge in [-0.25, -0.2) is 4.79 Å². The number of nitro groups is 1. The van der Waals surface area contributed by atoms with E-state index in [1.54, 1.807) is 6.92 Å². The van der Waals surface area contributed by atoms with Gasteiger partial charge in [0.15, 0.2) is 5.75 Å². The number of benzene rings is 1. The quantitative estimate of drug-likeness (QED) is 0.369. The number of rotatable bonds is 6. The van der Waals surface area contributed by atoms with Crippen molar-refractivity contribution < 1.29 is 19.6 Å². The van der Waals surface area contributed by atoms with Gasteiger partial charge in [-0.1, -0.05) is 18.7 Å². The van der Waals surface area contributed by atoms with Crippen molar-refractivity contribution in [3.8, 4) is 5.75 Å². The summed E-state index contributed by atoms with van der Waals surface area (Å²) in [6.07, 6.45) is 3.34. The molecular formula is C13H13NO5. The first-order valence-corrected chi connectivity index (χ1v) is 5.42. The van der Waals surface area contributed by atoms with Crippen molar-refractivity contribution >= 4 is 17.7 Å². The normalized spacial score (nSPS) is 12.1. The Morgan fingerprint density at radius 2 is 2.26 bits per heavy atom. The smallest absolute Gasteiger partial charge is 0.328 e. The van der Waals surface area contributed by atoms with E-state index in [1.807, 2.05) is 0 Å². The molecule has 1 N–H and O–H groups in total. The van der Waals surface area contributed by atoms with E-state index in [1.165, 1.54) is 30.4 Å². The van der Waals surface area contributed by atoms with Crippen LogP contribution in [0.1, 0.15) is 12.5 Å². The van der Waals surface area contributed by atoms with Gasteiger partial charge in [-0.3, -0.25) is 10.1 Å². The molecule has 0 aliphatic heterocycles. The third-order valence-corrected chi connectivity index (χ3v) is 2.24. The number of carboxylic acids is 1. The lowest BCUT2D eigenvalue weighted by Crippen LogP contribution is -2.08. The Labute approximate surface area is 109 Å². The van der Waals surface area contributed by atoms with Crippen LogP contribution < -0.4 is 4.74 Å². The first-order valence-electron chi connectivity index (χ1n) is 5.42. The second-order valence-corrected chi connectivity index (χ2v) is 3.71. The number of nitro benzene ring substituents is 1. The van der Waals surface area contributed by atoms with Crippen LogP contribution in [0.15, 0.2) is 36.9 Å². The minimum atomic E-state index is -1.12.